The molecule has 0 unspecified atom stereocenters. The highest BCUT2D eigenvalue weighted by Crippen LogP contribution is 2.34. The maximum atomic E-state index is 8.17. The fourth-order valence-electron chi connectivity index (χ4n) is 3.19. The third-order valence-electron chi connectivity index (χ3n) is 4.05. The van der Waals surface area contributed by atoms with Crippen LogP contribution in [0, 0.1) is 12.3 Å². The first kappa shape index (κ1) is 14.8. The first-order chi connectivity index (χ1) is 9.58. The van der Waals surface area contributed by atoms with Crippen LogP contribution in [-0.2, 0) is 0 Å². The Labute approximate surface area is 121 Å². The van der Waals surface area contributed by atoms with Crippen LogP contribution in [0.5, 0.6) is 0 Å². The fourth-order valence-corrected chi connectivity index (χ4v) is 3.19. The van der Waals surface area contributed by atoms with E-state index in [1.54, 1.807) is 0 Å². The van der Waals surface area contributed by atoms with Gasteiger partial charge in [0.1, 0.15) is 5.82 Å². The SMILES string of the molecule is CCCC(CCC)N1CCC(=N)c2c1cc(C)nc2N. The molecule has 0 atom stereocenters. The lowest BCUT2D eigenvalue weighted by molar-refractivity contribution is 0.503. The van der Waals surface area contributed by atoms with Gasteiger partial charge in [-0.2, -0.15) is 0 Å². The number of nitrogens with two attached hydrogens (primary N) is 1. The van der Waals surface area contributed by atoms with Gasteiger partial charge >= 0.3 is 0 Å². The topological polar surface area (TPSA) is 66.0 Å². The molecule has 4 nitrogen and oxygen atoms in total. The summed E-state index contributed by atoms with van der Waals surface area (Å²) in [6, 6.07) is 2.65. The van der Waals surface area contributed by atoms with E-state index in [9.17, 15) is 0 Å². The van der Waals surface area contributed by atoms with Crippen molar-refractivity contribution in [3.63, 3.8) is 0 Å². The van der Waals surface area contributed by atoms with Gasteiger partial charge in [0.25, 0.3) is 0 Å². The monoisotopic (exact) mass is 274 g/mol. The molecule has 0 saturated carbocycles. The number of rotatable bonds is 5. The lowest BCUT2D eigenvalue weighted by Crippen LogP contribution is -2.41. The summed E-state index contributed by atoms with van der Waals surface area (Å²) in [5.74, 6) is 0.515. The minimum atomic E-state index is 0.515. The number of aromatic nitrogens is 1. The molecule has 0 aliphatic carbocycles. The highest BCUT2D eigenvalue weighted by atomic mass is 15.2. The Bertz CT molecular complexity index is 489. The van der Waals surface area contributed by atoms with Gasteiger partial charge in [-0.1, -0.05) is 26.7 Å². The first-order valence-corrected chi connectivity index (χ1v) is 7.70. The maximum Gasteiger partial charge on any atom is 0.134 e. The minimum Gasteiger partial charge on any atom is -0.383 e. The van der Waals surface area contributed by atoms with E-state index in [4.69, 9.17) is 11.1 Å². The minimum absolute atomic E-state index is 0.515. The second-order valence-corrected chi connectivity index (χ2v) is 5.70. The Morgan fingerprint density at radius 1 is 1.35 bits per heavy atom. The van der Waals surface area contributed by atoms with Crippen LogP contribution < -0.4 is 10.6 Å². The molecule has 0 radical (unpaired) electrons. The Hall–Kier alpha value is -1.58. The Balaban J connectivity index is 2.43. The van der Waals surface area contributed by atoms with Crippen LogP contribution >= 0.6 is 0 Å². The quantitative estimate of drug-likeness (QED) is 0.863. The molecule has 20 heavy (non-hydrogen) atoms. The van der Waals surface area contributed by atoms with Crippen LogP contribution in [0.25, 0.3) is 0 Å². The van der Waals surface area contributed by atoms with Crippen molar-refractivity contribution in [3.8, 4) is 0 Å². The zero-order chi connectivity index (χ0) is 14.7. The number of nitrogen functional groups attached to an aromatic ring is 1. The van der Waals surface area contributed by atoms with Crippen molar-refractivity contribution < 1.29 is 0 Å². The van der Waals surface area contributed by atoms with E-state index in [-0.39, 0.29) is 0 Å². The van der Waals surface area contributed by atoms with Gasteiger partial charge in [0, 0.05) is 30.4 Å². The molecule has 0 amide bonds. The summed E-state index contributed by atoms with van der Waals surface area (Å²) in [6.45, 7) is 7.38. The van der Waals surface area contributed by atoms with E-state index < -0.39 is 0 Å². The van der Waals surface area contributed by atoms with Crippen molar-refractivity contribution in [1.29, 1.82) is 5.41 Å². The van der Waals surface area contributed by atoms with Gasteiger partial charge < -0.3 is 16.0 Å². The molecule has 110 valence electrons. The predicted molar refractivity (Wildman–Crippen MR) is 85.8 cm³/mol. The fraction of sp³-hybridized carbons (Fsp3) is 0.625. The van der Waals surface area contributed by atoms with E-state index in [2.05, 4.69) is 29.8 Å². The van der Waals surface area contributed by atoms with Crippen molar-refractivity contribution in [3.05, 3.63) is 17.3 Å². The van der Waals surface area contributed by atoms with E-state index >= 15 is 0 Å². The van der Waals surface area contributed by atoms with Crippen molar-refractivity contribution in [2.45, 2.75) is 58.9 Å². The number of nitrogens with zero attached hydrogens (tertiary/aromatic N) is 2. The Kier molecular flexibility index (Phi) is 4.63. The summed E-state index contributed by atoms with van der Waals surface area (Å²) in [6.07, 6.45) is 5.54. The standard InChI is InChI=1S/C16H26N4/c1-4-6-12(7-5-2)20-9-8-13(17)15-14(20)10-11(3)19-16(15)18/h10,12,17H,4-9H2,1-3H3,(H2,18,19). The van der Waals surface area contributed by atoms with Gasteiger partial charge in [-0.05, 0) is 25.8 Å². The molecule has 0 bridgehead atoms. The van der Waals surface area contributed by atoms with Crippen LogP contribution in [0.1, 0.15) is 57.2 Å². The number of anilines is 2. The molecule has 4 heteroatoms. The third kappa shape index (κ3) is 2.79. The highest BCUT2D eigenvalue weighted by molar-refractivity contribution is 6.08. The van der Waals surface area contributed by atoms with Gasteiger partial charge in [-0.15, -0.1) is 0 Å². The van der Waals surface area contributed by atoms with Crippen LogP contribution in [0.2, 0.25) is 0 Å². The molecule has 1 aliphatic heterocycles. The van der Waals surface area contributed by atoms with Crippen LogP contribution in [-0.4, -0.2) is 23.3 Å². The number of aryl methyl sites for hydroxylation is 1. The summed E-state index contributed by atoms with van der Waals surface area (Å²) in [4.78, 5) is 6.80. The lowest BCUT2D eigenvalue weighted by Gasteiger charge is -2.38. The van der Waals surface area contributed by atoms with Gasteiger partial charge in [0.2, 0.25) is 0 Å². The van der Waals surface area contributed by atoms with Crippen molar-refractivity contribution >= 4 is 17.2 Å². The normalized spacial score (nSPS) is 14.8. The smallest absolute Gasteiger partial charge is 0.134 e. The van der Waals surface area contributed by atoms with Crippen LogP contribution in [0.4, 0.5) is 11.5 Å². The molecule has 0 saturated heterocycles. The van der Waals surface area contributed by atoms with Crippen molar-refractivity contribution in [2.24, 2.45) is 0 Å². The van der Waals surface area contributed by atoms with Crippen LogP contribution in [0.15, 0.2) is 6.07 Å². The van der Waals surface area contributed by atoms with Gasteiger partial charge in [0.05, 0.1) is 11.3 Å². The summed E-state index contributed by atoms with van der Waals surface area (Å²) in [5.41, 5.74) is 9.62. The van der Waals surface area contributed by atoms with Gasteiger partial charge in [-0.3, -0.25) is 0 Å². The first-order valence-electron chi connectivity index (χ1n) is 7.70. The lowest BCUT2D eigenvalue weighted by atomic mass is 9.95. The summed E-state index contributed by atoms with van der Waals surface area (Å²) in [7, 11) is 0. The highest BCUT2D eigenvalue weighted by Gasteiger charge is 2.28. The molecule has 1 aromatic heterocycles. The summed E-state index contributed by atoms with van der Waals surface area (Å²) in [5, 5.41) is 8.17. The molecule has 0 spiro atoms. The number of fused-ring (bicyclic) bond motifs is 1. The molecule has 2 rings (SSSR count). The van der Waals surface area contributed by atoms with Crippen molar-refractivity contribution in [1.82, 2.24) is 4.98 Å². The zero-order valence-electron chi connectivity index (χ0n) is 12.9. The average molecular weight is 274 g/mol. The Morgan fingerprint density at radius 3 is 2.60 bits per heavy atom. The number of pyridine rings is 1. The third-order valence-corrected chi connectivity index (χ3v) is 4.05. The largest absolute Gasteiger partial charge is 0.383 e. The molecule has 2 heterocycles. The van der Waals surface area contributed by atoms with E-state index in [0.29, 0.717) is 17.6 Å². The van der Waals surface area contributed by atoms with Crippen molar-refractivity contribution in [2.75, 3.05) is 17.2 Å². The maximum absolute atomic E-state index is 8.17. The average Bonchev–Trinajstić information content (AvgIpc) is 2.38. The number of hydrogen-bond acceptors (Lipinski definition) is 4. The molecular weight excluding hydrogens is 248 g/mol. The van der Waals surface area contributed by atoms with E-state index in [0.717, 1.165) is 29.9 Å². The zero-order valence-corrected chi connectivity index (χ0v) is 12.9. The summed E-state index contributed by atoms with van der Waals surface area (Å²) < 4.78 is 0. The predicted octanol–water partition coefficient (Wildman–Crippen LogP) is 3.52. The van der Waals surface area contributed by atoms with Gasteiger partial charge in [0.15, 0.2) is 0 Å². The number of nitrogens with one attached hydrogen (secondary N) is 1. The van der Waals surface area contributed by atoms with E-state index in [1.807, 2.05) is 6.92 Å². The van der Waals surface area contributed by atoms with Gasteiger partial charge in [-0.25, -0.2) is 4.98 Å². The number of hydrogen-bond donors (Lipinski definition) is 2. The molecule has 3 N–H and O–H groups in total. The summed E-state index contributed by atoms with van der Waals surface area (Å²) >= 11 is 0. The molecule has 0 fully saturated rings. The molecule has 1 aliphatic rings. The second-order valence-electron chi connectivity index (χ2n) is 5.70. The molecular formula is C16H26N4. The Morgan fingerprint density at radius 2 is 2.00 bits per heavy atom. The van der Waals surface area contributed by atoms with Crippen LogP contribution in [0.3, 0.4) is 0 Å². The molecule has 1 aromatic rings. The second kappa shape index (κ2) is 6.25. The molecule has 0 aromatic carbocycles. The van der Waals surface area contributed by atoms with E-state index in [1.165, 1.54) is 25.7 Å².